The molecule has 0 aliphatic heterocycles. The Morgan fingerprint density at radius 2 is 2.00 bits per heavy atom. The molecule has 0 amide bonds. The van der Waals surface area contributed by atoms with Crippen molar-refractivity contribution in [3.63, 3.8) is 0 Å². The molecule has 0 unspecified atom stereocenters. The lowest BCUT2D eigenvalue weighted by atomic mass is 9.83. The van der Waals surface area contributed by atoms with E-state index in [2.05, 4.69) is 34.5 Å². The van der Waals surface area contributed by atoms with Crippen LogP contribution >= 0.6 is 35.3 Å². The number of methoxy groups -OCH3 is 1. The maximum atomic E-state index is 5.31. The topological polar surface area (TPSA) is 58.5 Å². The van der Waals surface area contributed by atoms with Crippen LogP contribution in [0.5, 0.6) is 0 Å². The van der Waals surface area contributed by atoms with Crippen LogP contribution in [0.15, 0.2) is 4.99 Å². The van der Waals surface area contributed by atoms with Crippen molar-refractivity contribution in [2.75, 3.05) is 33.9 Å². The number of thiazole rings is 1. The fraction of sp³-hybridized carbons (Fsp3) is 0.778. The van der Waals surface area contributed by atoms with Gasteiger partial charge < -0.3 is 15.4 Å². The van der Waals surface area contributed by atoms with Crippen LogP contribution in [-0.2, 0) is 11.2 Å². The number of aryl methyl sites for hydroxylation is 2. The molecule has 2 N–H and O–H groups in total. The van der Waals surface area contributed by atoms with Gasteiger partial charge in [0, 0.05) is 45.2 Å². The zero-order valence-electron chi connectivity index (χ0n) is 16.0. The normalized spacial score (nSPS) is 16.6. The van der Waals surface area contributed by atoms with E-state index in [0.717, 1.165) is 44.2 Å². The minimum absolute atomic E-state index is 0. The van der Waals surface area contributed by atoms with Gasteiger partial charge in [-0.15, -0.1) is 35.3 Å². The minimum atomic E-state index is 0. The maximum Gasteiger partial charge on any atom is 0.191 e. The second-order valence-electron chi connectivity index (χ2n) is 6.80. The molecule has 1 fully saturated rings. The Labute approximate surface area is 173 Å². The number of ether oxygens (including phenoxy) is 1. The predicted molar refractivity (Wildman–Crippen MR) is 117 cm³/mol. The summed E-state index contributed by atoms with van der Waals surface area (Å²) in [5.74, 6) is 0.892. The number of aliphatic imine (C=N–C) groups is 1. The average molecular weight is 480 g/mol. The zero-order chi connectivity index (χ0) is 17.4. The quantitative estimate of drug-likeness (QED) is 0.339. The second kappa shape index (κ2) is 11.3. The van der Waals surface area contributed by atoms with Crippen LogP contribution < -0.4 is 10.6 Å². The van der Waals surface area contributed by atoms with Crippen LogP contribution in [0, 0.1) is 19.3 Å². The van der Waals surface area contributed by atoms with E-state index >= 15 is 0 Å². The fourth-order valence-electron chi connectivity index (χ4n) is 3.38. The number of hydrogen-bond donors (Lipinski definition) is 2. The largest absolute Gasteiger partial charge is 0.385 e. The predicted octanol–water partition coefficient (Wildman–Crippen LogP) is 3.68. The molecule has 0 saturated heterocycles. The molecular weight excluding hydrogens is 447 g/mol. The van der Waals surface area contributed by atoms with Crippen LogP contribution in [-0.4, -0.2) is 44.8 Å². The highest BCUT2D eigenvalue weighted by Crippen LogP contribution is 2.40. The van der Waals surface area contributed by atoms with Crippen molar-refractivity contribution in [3.8, 4) is 0 Å². The van der Waals surface area contributed by atoms with Gasteiger partial charge in [0.25, 0.3) is 0 Å². The first kappa shape index (κ1) is 22.6. The highest BCUT2D eigenvalue weighted by molar-refractivity contribution is 14.0. The van der Waals surface area contributed by atoms with E-state index in [1.54, 1.807) is 18.4 Å². The highest BCUT2D eigenvalue weighted by atomic mass is 127. The van der Waals surface area contributed by atoms with Gasteiger partial charge in [0.1, 0.15) is 0 Å². The van der Waals surface area contributed by atoms with Crippen LogP contribution in [0.3, 0.4) is 0 Å². The van der Waals surface area contributed by atoms with Crippen LogP contribution in [0.4, 0.5) is 0 Å². The molecule has 7 heteroatoms. The first-order chi connectivity index (χ1) is 11.6. The zero-order valence-corrected chi connectivity index (χ0v) is 19.1. The summed E-state index contributed by atoms with van der Waals surface area (Å²) in [7, 11) is 3.63. The summed E-state index contributed by atoms with van der Waals surface area (Å²) in [6, 6.07) is 0. The number of rotatable bonds is 8. The van der Waals surface area contributed by atoms with Crippen LogP contribution in [0.1, 0.15) is 47.7 Å². The van der Waals surface area contributed by atoms with Gasteiger partial charge in [-0.3, -0.25) is 4.99 Å². The fourth-order valence-corrected chi connectivity index (χ4v) is 4.32. The third-order valence-electron chi connectivity index (χ3n) is 5.06. The molecule has 144 valence electrons. The second-order valence-corrected chi connectivity index (χ2v) is 8.09. The molecule has 1 aliphatic rings. The third-order valence-corrected chi connectivity index (χ3v) is 6.19. The first-order valence-corrected chi connectivity index (χ1v) is 9.76. The van der Waals surface area contributed by atoms with Gasteiger partial charge in [-0.1, -0.05) is 12.8 Å². The molecule has 1 saturated carbocycles. The summed E-state index contributed by atoms with van der Waals surface area (Å²) >= 11 is 1.79. The Balaban J connectivity index is 0.00000312. The molecule has 25 heavy (non-hydrogen) atoms. The summed E-state index contributed by atoms with van der Waals surface area (Å²) in [5, 5.41) is 8.14. The smallest absolute Gasteiger partial charge is 0.191 e. The number of nitrogens with one attached hydrogen (secondary N) is 2. The van der Waals surface area contributed by atoms with Crippen molar-refractivity contribution < 1.29 is 4.74 Å². The highest BCUT2D eigenvalue weighted by Gasteiger charge is 2.33. The number of aromatic nitrogens is 1. The summed E-state index contributed by atoms with van der Waals surface area (Å²) in [6.07, 6.45) is 7.32. The third kappa shape index (κ3) is 7.02. The number of nitrogens with zero attached hydrogens (tertiary/aromatic N) is 2. The molecule has 0 spiro atoms. The van der Waals surface area contributed by atoms with Crippen molar-refractivity contribution in [1.29, 1.82) is 0 Å². The Bertz CT molecular complexity index is 522. The minimum Gasteiger partial charge on any atom is -0.385 e. The molecule has 0 radical (unpaired) electrons. The van der Waals surface area contributed by atoms with Gasteiger partial charge in [0.2, 0.25) is 0 Å². The molecule has 2 rings (SSSR count). The van der Waals surface area contributed by atoms with Gasteiger partial charge >= 0.3 is 0 Å². The lowest BCUT2D eigenvalue weighted by molar-refractivity contribution is 0.138. The number of halogens is 1. The molecule has 1 heterocycles. The molecule has 1 aromatic rings. The van der Waals surface area contributed by atoms with Crippen molar-refractivity contribution in [3.05, 3.63) is 15.6 Å². The summed E-state index contributed by atoms with van der Waals surface area (Å²) < 4.78 is 5.31. The molecule has 0 aromatic carbocycles. The SMILES string of the molecule is CN=C(NCCc1nc(C)c(C)s1)NCC1(CCOC)CCCC1.I. The van der Waals surface area contributed by atoms with Gasteiger partial charge in [0.15, 0.2) is 5.96 Å². The van der Waals surface area contributed by atoms with E-state index in [1.807, 2.05) is 7.05 Å². The van der Waals surface area contributed by atoms with Gasteiger partial charge in [-0.2, -0.15) is 0 Å². The van der Waals surface area contributed by atoms with Crippen molar-refractivity contribution in [2.24, 2.45) is 10.4 Å². The molecular formula is C18H33IN4OS. The van der Waals surface area contributed by atoms with Gasteiger partial charge in [0.05, 0.1) is 10.7 Å². The van der Waals surface area contributed by atoms with E-state index in [1.165, 1.54) is 35.6 Å². The lowest BCUT2D eigenvalue weighted by Gasteiger charge is -2.29. The van der Waals surface area contributed by atoms with E-state index in [4.69, 9.17) is 4.74 Å². The molecule has 0 atom stereocenters. The van der Waals surface area contributed by atoms with E-state index in [9.17, 15) is 0 Å². The lowest BCUT2D eigenvalue weighted by Crippen LogP contribution is -2.43. The molecule has 1 aromatic heterocycles. The van der Waals surface area contributed by atoms with Crippen LogP contribution in [0.25, 0.3) is 0 Å². The molecule has 1 aliphatic carbocycles. The first-order valence-electron chi connectivity index (χ1n) is 8.95. The molecule has 5 nitrogen and oxygen atoms in total. The Morgan fingerprint density at radius 1 is 1.28 bits per heavy atom. The summed E-state index contributed by atoms with van der Waals surface area (Å²) in [6.45, 7) is 6.88. The average Bonchev–Trinajstić information content (AvgIpc) is 3.16. The summed E-state index contributed by atoms with van der Waals surface area (Å²) in [4.78, 5) is 10.3. The van der Waals surface area contributed by atoms with Gasteiger partial charge in [-0.25, -0.2) is 4.98 Å². The Hall–Kier alpha value is -0.410. The maximum absolute atomic E-state index is 5.31. The van der Waals surface area contributed by atoms with Gasteiger partial charge in [-0.05, 0) is 38.5 Å². The van der Waals surface area contributed by atoms with E-state index in [-0.39, 0.29) is 24.0 Å². The Kier molecular flexibility index (Phi) is 10.3. The summed E-state index contributed by atoms with van der Waals surface area (Å²) in [5.41, 5.74) is 1.52. The Morgan fingerprint density at radius 3 is 2.56 bits per heavy atom. The number of guanidine groups is 1. The van der Waals surface area contributed by atoms with E-state index in [0.29, 0.717) is 5.41 Å². The van der Waals surface area contributed by atoms with Crippen LogP contribution in [0.2, 0.25) is 0 Å². The monoisotopic (exact) mass is 480 g/mol. The van der Waals surface area contributed by atoms with E-state index < -0.39 is 0 Å². The number of hydrogen-bond acceptors (Lipinski definition) is 4. The van der Waals surface area contributed by atoms with Crippen molar-refractivity contribution in [1.82, 2.24) is 15.6 Å². The standard InChI is InChI=1S/C18H32N4OS.HI/c1-14-15(2)24-16(22-14)7-11-20-17(19-3)21-13-18(10-12-23-4)8-5-6-9-18;/h5-13H2,1-4H3,(H2,19,20,21);1H. The van der Waals surface area contributed by atoms with Crippen molar-refractivity contribution >= 4 is 41.3 Å². The molecule has 0 bridgehead atoms. The van der Waals surface area contributed by atoms with Crippen molar-refractivity contribution in [2.45, 2.75) is 52.4 Å².